The molecule has 116 valence electrons. The average Bonchev–Trinajstić information content (AvgIpc) is 2.35. The third kappa shape index (κ3) is 4.14. The topological polar surface area (TPSA) is 41.6 Å². The number of urea groups is 1. The van der Waals surface area contributed by atoms with Crippen LogP contribution < -0.4 is 5.32 Å². The van der Waals surface area contributed by atoms with Gasteiger partial charge in [0.05, 0.1) is 5.60 Å². The average molecular weight is 298 g/mol. The third-order valence-corrected chi connectivity index (χ3v) is 3.65. The first-order valence-corrected chi connectivity index (χ1v) is 6.91. The van der Waals surface area contributed by atoms with Gasteiger partial charge in [-0.2, -0.15) is 0 Å². The summed E-state index contributed by atoms with van der Waals surface area (Å²) in [7, 11) is 1.68. The standard InChI is InChI=1S/C15H20F2N2O2/c1-15(2)9-13(4-5-21-15)19(3)14(20)18-12-7-10(16)6-11(17)8-12/h6-8,13H,4-5,9H2,1-3H3,(H,18,20). The molecule has 0 spiro atoms. The molecule has 1 atom stereocenters. The first-order chi connectivity index (χ1) is 9.77. The second-order valence-electron chi connectivity index (χ2n) is 5.95. The molecule has 1 unspecified atom stereocenters. The summed E-state index contributed by atoms with van der Waals surface area (Å²) < 4.78 is 31.8. The predicted octanol–water partition coefficient (Wildman–Crippen LogP) is 3.39. The fourth-order valence-electron chi connectivity index (χ4n) is 2.53. The lowest BCUT2D eigenvalue weighted by molar-refractivity contribution is -0.0739. The van der Waals surface area contributed by atoms with Gasteiger partial charge in [0, 0.05) is 31.5 Å². The van der Waals surface area contributed by atoms with Crippen molar-refractivity contribution in [1.82, 2.24) is 4.90 Å². The van der Waals surface area contributed by atoms with E-state index in [0.717, 1.165) is 24.6 Å². The molecule has 21 heavy (non-hydrogen) atoms. The number of rotatable bonds is 2. The Balaban J connectivity index is 2.02. The van der Waals surface area contributed by atoms with E-state index in [9.17, 15) is 13.6 Å². The minimum atomic E-state index is -0.722. The maximum absolute atomic E-state index is 13.1. The Morgan fingerprint density at radius 3 is 2.52 bits per heavy atom. The van der Waals surface area contributed by atoms with Gasteiger partial charge in [-0.05, 0) is 38.8 Å². The van der Waals surface area contributed by atoms with E-state index in [1.165, 1.54) is 0 Å². The number of nitrogens with zero attached hydrogens (tertiary/aromatic N) is 1. The lowest BCUT2D eigenvalue weighted by Crippen LogP contribution is -2.48. The van der Waals surface area contributed by atoms with Gasteiger partial charge in [0.15, 0.2) is 0 Å². The van der Waals surface area contributed by atoms with Gasteiger partial charge in [-0.3, -0.25) is 0 Å². The van der Waals surface area contributed by atoms with E-state index in [-0.39, 0.29) is 23.4 Å². The second-order valence-corrected chi connectivity index (χ2v) is 5.95. The summed E-state index contributed by atoms with van der Waals surface area (Å²) in [4.78, 5) is 13.7. The van der Waals surface area contributed by atoms with Crippen molar-refractivity contribution in [2.45, 2.75) is 38.3 Å². The van der Waals surface area contributed by atoms with Crippen molar-refractivity contribution in [2.24, 2.45) is 0 Å². The van der Waals surface area contributed by atoms with Crippen LogP contribution in [0.4, 0.5) is 19.3 Å². The summed E-state index contributed by atoms with van der Waals surface area (Å²) in [5.41, 5.74) is -0.168. The summed E-state index contributed by atoms with van der Waals surface area (Å²) in [5.74, 6) is -1.44. The molecule has 0 saturated carbocycles. The molecule has 0 radical (unpaired) electrons. The lowest BCUT2D eigenvalue weighted by atomic mass is 9.93. The summed E-state index contributed by atoms with van der Waals surface area (Å²) >= 11 is 0. The zero-order valence-corrected chi connectivity index (χ0v) is 12.5. The molecular formula is C15H20F2N2O2. The maximum atomic E-state index is 13.1. The highest BCUT2D eigenvalue weighted by Crippen LogP contribution is 2.27. The van der Waals surface area contributed by atoms with Crippen molar-refractivity contribution in [2.75, 3.05) is 19.0 Å². The number of carbonyl (C=O) groups excluding carboxylic acids is 1. The second kappa shape index (κ2) is 5.97. The van der Waals surface area contributed by atoms with E-state index in [1.54, 1.807) is 11.9 Å². The molecule has 1 aliphatic heterocycles. The number of hydrogen-bond donors (Lipinski definition) is 1. The van der Waals surface area contributed by atoms with Crippen molar-refractivity contribution < 1.29 is 18.3 Å². The van der Waals surface area contributed by atoms with Crippen LogP contribution in [0.2, 0.25) is 0 Å². The molecule has 1 heterocycles. The van der Waals surface area contributed by atoms with Gasteiger partial charge in [0.25, 0.3) is 0 Å². The van der Waals surface area contributed by atoms with E-state index < -0.39 is 11.6 Å². The van der Waals surface area contributed by atoms with Crippen molar-refractivity contribution >= 4 is 11.7 Å². The normalized spacial score (nSPS) is 20.9. The van der Waals surface area contributed by atoms with Gasteiger partial charge in [0.1, 0.15) is 11.6 Å². The van der Waals surface area contributed by atoms with E-state index in [1.807, 2.05) is 13.8 Å². The fourth-order valence-corrected chi connectivity index (χ4v) is 2.53. The molecule has 2 amide bonds. The van der Waals surface area contributed by atoms with E-state index in [0.29, 0.717) is 13.0 Å². The van der Waals surface area contributed by atoms with E-state index >= 15 is 0 Å². The van der Waals surface area contributed by atoms with E-state index in [2.05, 4.69) is 5.32 Å². The van der Waals surface area contributed by atoms with Crippen molar-refractivity contribution in [1.29, 1.82) is 0 Å². The maximum Gasteiger partial charge on any atom is 0.321 e. The van der Waals surface area contributed by atoms with Crippen LogP contribution in [0.15, 0.2) is 18.2 Å². The molecule has 2 rings (SSSR count). The summed E-state index contributed by atoms with van der Waals surface area (Å²) in [6, 6.07) is 2.58. The molecule has 1 aliphatic rings. The Kier molecular flexibility index (Phi) is 4.46. The third-order valence-electron chi connectivity index (χ3n) is 3.65. The first-order valence-electron chi connectivity index (χ1n) is 6.91. The largest absolute Gasteiger partial charge is 0.375 e. The highest BCUT2D eigenvalue weighted by molar-refractivity contribution is 5.89. The fraction of sp³-hybridized carbons (Fsp3) is 0.533. The Labute approximate surface area is 123 Å². The monoisotopic (exact) mass is 298 g/mol. The van der Waals surface area contributed by atoms with Crippen LogP contribution in [-0.2, 0) is 4.74 Å². The highest BCUT2D eigenvalue weighted by Gasteiger charge is 2.32. The summed E-state index contributed by atoms with van der Waals surface area (Å²) in [6.07, 6.45) is 1.46. The molecule has 1 aromatic rings. The van der Waals surface area contributed by atoms with Gasteiger partial charge in [-0.15, -0.1) is 0 Å². The van der Waals surface area contributed by atoms with Gasteiger partial charge in [0.2, 0.25) is 0 Å². The number of amides is 2. The number of ether oxygens (including phenoxy) is 1. The molecule has 1 aromatic carbocycles. The van der Waals surface area contributed by atoms with Gasteiger partial charge >= 0.3 is 6.03 Å². The number of nitrogens with one attached hydrogen (secondary N) is 1. The molecule has 4 nitrogen and oxygen atoms in total. The minimum absolute atomic E-state index is 0.0344. The Bertz CT molecular complexity index is 514. The number of benzene rings is 1. The summed E-state index contributed by atoms with van der Waals surface area (Å²) in [5, 5.41) is 2.51. The van der Waals surface area contributed by atoms with E-state index in [4.69, 9.17) is 4.74 Å². The van der Waals surface area contributed by atoms with Crippen molar-refractivity contribution in [3.05, 3.63) is 29.8 Å². The number of halogens is 2. The number of carbonyl (C=O) groups is 1. The zero-order chi connectivity index (χ0) is 15.6. The Morgan fingerprint density at radius 2 is 1.95 bits per heavy atom. The van der Waals surface area contributed by atoms with Crippen LogP contribution in [0.1, 0.15) is 26.7 Å². The number of anilines is 1. The van der Waals surface area contributed by atoms with Gasteiger partial charge < -0.3 is 15.0 Å². The zero-order valence-electron chi connectivity index (χ0n) is 12.5. The molecular weight excluding hydrogens is 278 g/mol. The molecule has 0 bridgehead atoms. The van der Waals surface area contributed by atoms with Crippen LogP contribution >= 0.6 is 0 Å². The molecule has 1 N–H and O–H groups in total. The van der Waals surface area contributed by atoms with Crippen LogP contribution in [0.3, 0.4) is 0 Å². The Hall–Kier alpha value is -1.69. The predicted molar refractivity (Wildman–Crippen MR) is 76.2 cm³/mol. The molecule has 0 aliphatic carbocycles. The minimum Gasteiger partial charge on any atom is -0.375 e. The Morgan fingerprint density at radius 1 is 1.33 bits per heavy atom. The molecule has 1 fully saturated rings. The van der Waals surface area contributed by atoms with Gasteiger partial charge in [-0.25, -0.2) is 13.6 Å². The van der Waals surface area contributed by atoms with Crippen molar-refractivity contribution in [3.8, 4) is 0 Å². The molecule has 6 heteroatoms. The lowest BCUT2D eigenvalue weighted by Gasteiger charge is -2.39. The first kappa shape index (κ1) is 15.7. The van der Waals surface area contributed by atoms with Crippen LogP contribution in [0.5, 0.6) is 0 Å². The molecule has 1 saturated heterocycles. The van der Waals surface area contributed by atoms with Crippen LogP contribution in [0, 0.1) is 11.6 Å². The highest BCUT2D eigenvalue weighted by atomic mass is 19.1. The number of hydrogen-bond acceptors (Lipinski definition) is 2. The quantitative estimate of drug-likeness (QED) is 0.909. The van der Waals surface area contributed by atoms with Crippen molar-refractivity contribution in [3.63, 3.8) is 0 Å². The van der Waals surface area contributed by atoms with Crippen LogP contribution in [-0.4, -0.2) is 36.2 Å². The van der Waals surface area contributed by atoms with Crippen LogP contribution in [0.25, 0.3) is 0 Å². The molecule has 0 aromatic heterocycles. The SMILES string of the molecule is CN(C(=O)Nc1cc(F)cc(F)c1)C1CCOC(C)(C)C1. The summed E-state index contributed by atoms with van der Waals surface area (Å²) in [6.45, 7) is 4.55. The van der Waals surface area contributed by atoms with Gasteiger partial charge in [-0.1, -0.05) is 0 Å². The smallest absolute Gasteiger partial charge is 0.321 e.